The van der Waals surface area contributed by atoms with Crippen molar-refractivity contribution >= 4 is 33.4 Å². The molecule has 2 heterocycles. The summed E-state index contributed by atoms with van der Waals surface area (Å²) in [5.74, 6) is 0.0966. The van der Waals surface area contributed by atoms with Gasteiger partial charge >= 0.3 is 0 Å². The van der Waals surface area contributed by atoms with Gasteiger partial charge in [0.15, 0.2) is 0 Å². The van der Waals surface area contributed by atoms with Crippen molar-refractivity contribution in [3.05, 3.63) is 69.2 Å². The first-order valence-corrected chi connectivity index (χ1v) is 11.9. The standard InChI is InChI=1S/C24H28BrClN2O2/c25-20-8-6-19(7-9-20)24(10-14-30-15-11-24)23(29)27-17-22(28-12-1-2-13-28)18-4-3-5-21(26)16-18/h3-9,16,22H,1-2,10-15,17H2,(H,27,29). The maximum atomic E-state index is 13.6. The monoisotopic (exact) mass is 490 g/mol. The predicted octanol–water partition coefficient (Wildman–Crippen LogP) is 5.10. The highest BCUT2D eigenvalue weighted by Crippen LogP contribution is 2.36. The summed E-state index contributed by atoms with van der Waals surface area (Å²) in [7, 11) is 0. The summed E-state index contributed by atoms with van der Waals surface area (Å²) in [6.45, 7) is 3.90. The number of benzene rings is 2. The van der Waals surface area contributed by atoms with Gasteiger partial charge in [-0.2, -0.15) is 0 Å². The number of hydrogen-bond acceptors (Lipinski definition) is 3. The number of carbonyl (C=O) groups is 1. The average Bonchev–Trinajstić information content (AvgIpc) is 3.29. The number of halogens is 2. The van der Waals surface area contributed by atoms with Gasteiger partial charge in [0, 0.05) is 29.3 Å². The summed E-state index contributed by atoms with van der Waals surface area (Å²) < 4.78 is 6.61. The first kappa shape index (κ1) is 21.8. The van der Waals surface area contributed by atoms with Crippen LogP contribution in [0.3, 0.4) is 0 Å². The Bertz CT molecular complexity index is 862. The number of likely N-dealkylation sites (tertiary alicyclic amines) is 1. The van der Waals surface area contributed by atoms with Crippen LogP contribution in [0.2, 0.25) is 5.02 Å². The maximum Gasteiger partial charge on any atom is 0.230 e. The summed E-state index contributed by atoms with van der Waals surface area (Å²) in [6, 6.07) is 16.3. The molecule has 2 aromatic carbocycles. The number of nitrogens with zero attached hydrogens (tertiary/aromatic N) is 1. The van der Waals surface area contributed by atoms with Crippen LogP contribution in [0.25, 0.3) is 0 Å². The highest BCUT2D eigenvalue weighted by atomic mass is 79.9. The summed E-state index contributed by atoms with van der Waals surface area (Å²) in [5, 5.41) is 4.05. The van der Waals surface area contributed by atoms with E-state index in [2.05, 4.69) is 44.3 Å². The van der Waals surface area contributed by atoms with E-state index in [0.717, 1.165) is 33.7 Å². The fourth-order valence-corrected chi connectivity index (χ4v) is 5.18. The topological polar surface area (TPSA) is 41.6 Å². The fourth-order valence-electron chi connectivity index (χ4n) is 4.72. The molecule has 160 valence electrons. The molecule has 1 amide bonds. The van der Waals surface area contributed by atoms with E-state index >= 15 is 0 Å². The van der Waals surface area contributed by atoms with Gasteiger partial charge in [-0.3, -0.25) is 9.69 Å². The number of amides is 1. The summed E-state index contributed by atoms with van der Waals surface area (Å²) in [4.78, 5) is 16.1. The zero-order valence-electron chi connectivity index (χ0n) is 17.1. The molecule has 4 rings (SSSR count). The van der Waals surface area contributed by atoms with Crippen molar-refractivity contribution in [3.8, 4) is 0 Å². The van der Waals surface area contributed by atoms with E-state index in [9.17, 15) is 4.79 Å². The van der Waals surface area contributed by atoms with Crippen molar-refractivity contribution in [1.82, 2.24) is 10.2 Å². The minimum atomic E-state index is -0.539. The highest BCUT2D eigenvalue weighted by Gasteiger charge is 2.42. The molecule has 0 bridgehead atoms. The summed E-state index contributed by atoms with van der Waals surface area (Å²) >= 11 is 9.77. The van der Waals surface area contributed by atoms with Gasteiger partial charge in [-0.1, -0.05) is 51.8 Å². The Kier molecular flexibility index (Phi) is 7.14. The molecule has 4 nitrogen and oxygen atoms in total. The van der Waals surface area contributed by atoms with Crippen LogP contribution in [-0.4, -0.2) is 43.7 Å². The van der Waals surface area contributed by atoms with Crippen LogP contribution in [-0.2, 0) is 14.9 Å². The van der Waals surface area contributed by atoms with Crippen molar-refractivity contribution in [2.75, 3.05) is 32.8 Å². The minimum absolute atomic E-state index is 0.0966. The van der Waals surface area contributed by atoms with Gasteiger partial charge in [-0.25, -0.2) is 0 Å². The van der Waals surface area contributed by atoms with Crippen molar-refractivity contribution in [2.24, 2.45) is 0 Å². The Morgan fingerprint density at radius 3 is 2.50 bits per heavy atom. The Balaban J connectivity index is 1.55. The van der Waals surface area contributed by atoms with Crippen molar-refractivity contribution in [1.29, 1.82) is 0 Å². The first-order valence-electron chi connectivity index (χ1n) is 10.7. The van der Waals surface area contributed by atoms with Crippen molar-refractivity contribution < 1.29 is 9.53 Å². The lowest BCUT2D eigenvalue weighted by Gasteiger charge is -2.37. The van der Waals surface area contributed by atoms with Gasteiger partial charge in [0.05, 0.1) is 11.5 Å². The second kappa shape index (κ2) is 9.82. The molecule has 30 heavy (non-hydrogen) atoms. The smallest absolute Gasteiger partial charge is 0.230 e. The third-order valence-corrected chi connectivity index (χ3v) is 7.21. The zero-order chi connectivity index (χ0) is 21.0. The predicted molar refractivity (Wildman–Crippen MR) is 124 cm³/mol. The molecular formula is C24H28BrClN2O2. The summed E-state index contributed by atoms with van der Waals surface area (Å²) in [5.41, 5.74) is 1.68. The first-order chi connectivity index (χ1) is 14.6. The lowest BCUT2D eigenvalue weighted by molar-refractivity contribution is -0.130. The van der Waals surface area contributed by atoms with Crippen LogP contribution >= 0.6 is 27.5 Å². The van der Waals surface area contributed by atoms with Crippen molar-refractivity contribution in [3.63, 3.8) is 0 Å². The lowest BCUT2D eigenvalue weighted by Crippen LogP contribution is -2.50. The van der Waals surface area contributed by atoms with Crippen LogP contribution in [0, 0.1) is 0 Å². The highest BCUT2D eigenvalue weighted by molar-refractivity contribution is 9.10. The maximum absolute atomic E-state index is 13.6. The second-order valence-electron chi connectivity index (χ2n) is 8.23. The molecule has 0 aromatic heterocycles. The van der Waals surface area contributed by atoms with Gasteiger partial charge in [-0.05, 0) is 74.2 Å². The largest absolute Gasteiger partial charge is 0.381 e. The molecule has 2 fully saturated rings. The number of nitrogens with one attached hydrogen (secondary N) is 1. The zero-order valence-corrected chi connectivity index (χ0v) is 19.4. The van der Waals surface area contributed by atoms with E-state index in [4.69, 9.17) is 16.3 Å². The molecule has 1 N–H and O–H groups in total. The minimum Gasteiger partial charge on any atom is -0.381 e. The van der Waals surface area contributed by atoms with Crippen molar-refractivity contribution in [2.45, 2.75) is 37.1 Å². The van der Waals surface area contributed by atoms with Gasteiger partial charge in [0.25, 0.3) is 0 Å². The van der Waals surface area contributed by atoms with E-state index in [0.29, 0.717) is 32.6 Å². The van der Waals surface area contributed by atoms with E-state index in [1.807, 2.05) is 30.3 Å². The SMILES string of the molecule is O=C(NCC(c1cccc(Cl)c1)N1CCCC1)C1(c2ccc(Br)cc2)CCOCC1. The van der Waals surface area contributed by atoms with Crippen LogP contribution < -0.4 is 5.32 Å². The molecule has 0 radical (unpaired) electrons. The van der Waals surface area contributed by atoms with E-state index in [-0.39, 0.29) is 11.9 Å². The molecular weight excluding hydrogens is 464 g/mol. The van der Waals surface area contributed by atoms with E-state index in [1.165, 1.54) is 12.8 Å². The van der Waals surface area contributed by atoms with Gasteiger partial charge in [0.2, 0.25) is 5.91 Å². The molecule has 2 aliphatic heterocycles. The molecule has 0 aliphatic carbocycles. The fraction of sp³-hybridized carbons (Fsp3) is 0.458. The molecule has 2 aromatic rings. The third-order valence-electron chi connectivity index (χ3n) is 6.45. The Morgan fingerprint density at radius 2 is 1.83 bits per heavy atom. The molecule has 0 saturated carbocycles. The van der Waals surface area contributed by atoms with Crippen LogP contribution in [0.4, 0.5) is 0 Å². The molecule has 0 spiro atoms. The van der Waals surface area contributed by atoms with Gasteiger partial charge in [-0.15, -0.1) is 0 Å². The van der Waals surface area contributed by atoms with Crippen LogP contribution in [0.1, 0.15) is 42.9 Å². The molecule has 1 unspecified atom stereocenters. The van der Waals surface area contributed by atoms with Crippen LogP contribution in [0.5, 0.6) is 0 Å². The lowest BCUT2D eigenvalue weighted by atomic mass is 9.73. The quantitative estimate of drug-likeness (QED) is 0.611. The van der Waals surface area contributed by atoms with E-state index < -0.39 is 5.41 Å². The number of carbonyl (C=O) groups excluding carboxylic acids is 1. The molecule has 2 saturated heterocycles. The Morgan fingerprint density at radius 1 is 1.13 bits per heavy atom. The van der Waals surface area contributed by atoms with Gasteiger partial charge in [0.1, 0.15) is 0 Å². The average molecular weight is 492 g/mol. The summed E-state index contributed by atoms with van der Waals surface area (Å²) in [6.07, 6.45) is 3.80. The van der Waals surface area contributed by atoms with Gasteiger partial charge < -0.3 is 10.1 Å². The molecule has 1 atom stereocenters. The molecule has 6 heteroatoms. The molecule has 2 aliphatic rings. The Labute approximate surface area is 192 Å². The second-order valence-corrected chi connectivity index (χ2v) is 9.58. The van der Waals surface area contributed by atoms with E-state index in [1.54, 1.807) is 0 Å². The normalized spacial score (nSPS) is 20.1. The number of ether oxygens (including phenoxy) is 1. The third kappa shape index (κ3) is 4.75. The number of rotatable bonds is 6. The van der Waals surface area contributed by atoms with Crippen LogP contribution in [0.15, 0.2) is 53.0 Å². The Hall–Kier alpha value is -1.40. The number of hydrogen-bond donors (Lipinski definition) is 1.